The van der Waals surface area contributed by atoms with Crippen molar-refractivity contribution >= 4 is 11.2 Å². The van der Waals surface area contributed by atoms with Gasteiger partial charge in [0.15, 0.2) is 5.65 Å². The molecule has 0 amide bonds. The largest absolute Gasteiger partial charge is 0.342 e. The van der Waals surface area contributed by atoms with E-state index in [0.29, 0.717) is 0 Å². The third-order valence-electron chi connectivity index (χ3n) is 2.43. The molecule has 2 aromatic heterocycles. The molecule has 3 rings (SSSR count). The number of aryl methyl sites for hydroxylation is 1. The van der Waals surface area contributed by atoms with Crippen LogP contribution < -0.4 is 0 Å². The van der Waals surface area contributed by atoms with Crippen LogP contribution in [0.2, 0.25) is 0 Å². The maximum atomic E-state index is 4.44. The van der Waals surface area contributed by atoms with E-state index >= 15 is 0 Å². The summed E-state index contributed by atoms with van der Waals surface area (Å²) in [6, 6.07) is 10.00. The van der Waals surface area contributed by atoms with Crippen molar-refractivity contribution in [2.45, 2.75) is 6.92 Å². The van der Waals surface area contributed by atoms with Gasteiger partial charge in [0.05, 0.1) is 17.7 Å². The molecule has 0 fully saturated rings. The van der Waals surface area contributed by atoms with E-state index in [9.17, 15) is 0 Å². The molecule has 4 nitrogen and oxygen atoms in total. The summed E-state index contributed by atoms with van der Waals surface area (Å²) in [6.07, 6.45) is 1.69. The lowest BCUT2D eigenvalue weighted by atomic mass is 10.3. The van der Waals surface area contributed by atoms with Crippen LogP contribution >= 0.6 is 0 Å². The highest BCUT2D eigenvalue weighted by Gasteiger charge is 2.09. The van der Waals surface area contributed by atoms with Crippen LogP contribution in [0.25, 0.3) is 16.9 Å². The molecular formula is C11H10N4. The molecule has 0 spiro atoms. The van der Waals surface area contributed by atoms with E-state index in [1.165, 1.54) is 0 Å². The zero-order valence-corrected chi connectivity index (χ0v) is 8.31. The van der Waals surface area contributed by atoms with E-state index in [2.05, 4.69) is 15.1 Å². The van der Waals surface area contributed by atoms with Crippen molar-refractivity contribution in [1.82, 2.24) is 19.7 Å². The second-order valence-corrected chi connectivity index (χ2v) is 3.43. The lowest BCUT2D eigenvalue weighted by molar-refractivity contribution is 0.875. The summed E-state index contributed by atoms with van der Waals surface area (Å²) in [4.78, 5) is 7.34. The quantitative estimate of drug-likeness (QED) is 0.650. The zero-order valence-electron chi connectivity index (χ0n) is 8.31. The molecular weight excluding hydrogens is 188 g/mol. The Balaban J connectivity index is 2.32. The number of nitrogens with one attached hydrogen (secondary N) is 1. The first-order valence-corrected chi connectivity index (χ1v) is 4.80. The molecule has 0 radical (unpaired) electrons. The first-order chi connectivity index (χ1) is 7.36. The van der Waals surface area contributed by atoms with E-state index in [1.54, 1.807) is 6.33 Å². The van der Waals surface area contributed by atoms with Crippen LogP contribution in [-0.4, -0.2) is 19.7 Å². The normalized spacial score (nSPS) is 11.0. The standard InChI is InChI=1S/C11H10N4/c1-8-10-11(13-7-12-10)15(14-8)9-5-3-2-4-6-9/h2-7H,1H3,(H,12,13). The number of H-pyrrole nitrogens is 1. The summed E-state index contributed by atoms with van der Waals surface area (Å²) in [7, 11) is 0. The number of fused-ring (bicyclic) bond motifs is 1. The van der Waals surface area contributed by atoms with Crippen LogP contribution in [0.5, 0.6) is 0 Å². The van der Waals surface area contributed by atoms with Crippen LogP contribution in [0.15, 0.2) is 36.7 Å². The van der Waals surface area contributed by atoms with Crippen molar-refractivity contribution in [3.63, 3.8) is 0 Å². The van der Waals surface area contributed by atoms with Gasteiger partial charge in [0.2, 0.25) is 0 Å². The number of hydrogen-bond acceptors (Lipinski definition) is 2. The summed E-state index contributed by atoms with van der Waals surface area (Å²) in [5, 5.41) is 4.44. The van der Waals surface area contributed by atoms with E-state index in [-0.39, 0.29) is 0 Å². The van der Waals surface area contributed by atoms with Crippen LogP contribution in [0.3, 0.4) is 0 Å². The Morgan fingerprint density at radius 3 is 2.80 bits per heavy atom. The van der Waals surface area contributed by atoms with Gasteiger partial charge in [-0.15, -0.1) is 0 Å². The number of aromatic nitrogens is 4. The third kappa shape index (κ3) is 1.15. The predicted octanol–water partition coefficient (Wildman–Crippen LogP) is 2.06. The van der Waals surface area contributed by atoms with Crippen molar-refractivity contribution in [3.8, 4) is 5.69 Å². The molecule has 0 aliphatic carbocycles. The molecule has 0 aliphatic heterocycles. The second-order valence-electron chi connectivity index (χ2n) is 3.43. The molecule has 0 saturated carbocycles. The molecule has 0 bridgehead atoms. The number of benzene rings is 1. The van der Waals surface area contributed by atoms with Gasteiger partial charge in [-0.1, -0.05) is 18.2 Å². The maximum Gasteiger partial charge on any atom is 0.181 e. The summed E-state index contributed by atoms with van der Waals surface area (Å²) in [5.41, 5.74) is 3.87. The van der Waals surface area contributed by atoms with E-state index in [0.717, 1.165) is 22.5 Å². The van der Waals surface area contributed by atoms with Gasteiger partial charge in [0.25, 0.3) is 0 Å². The molecule has 3 aromatic rings. The van der Waals surface area contributed by atoms with Crippen molar-refractivity contribution in [2.75, 3.05) is 0 Å². The first-order valence-electron chi connectivity index (χ1n) is 4.80. The Labute approximate surface area is 86.6 Å². The Hall–Kier alpha value is -2.10. The van der Waals surface area contributed by atoms with Crippen LogP contribution in [-0.2, 0) is 0 Å². The molecule has 15 heavy (non-hydrogen) atoms. The Kier molecular flexibility index (Phi) is 1.62. The third-order valence-corrected chi connectivity index (χ3v) is 2.43. The number of imidazole rings is 1. The van der Waals surface area contributed by atoms with Crippen LogP contribution in [0.4, 0.5) is 0 Å². The van der Waals surface area contributed by atoms with Crippen molar-refractivity contribution in [2.24, 2.45) is 0 Å². The minimum absolute atomic E-state index is 0.874. The minimum atomic E-state index is 0.874. The van der Waals surface area contributed by atoms with Crippen molar-refractivity contribution < 1.29 is 0 Å². The highest BCUT2D eigenvalue weighted by molar-refractivity contribution is 5.75. The molecule has 0 aliphatic rings. The zero-order chi connectivity index (χ0) is 10.3. The van der Waals surface area contributed by atoms with Gasteiger partial charge in [-0.2, -0.15) is 5.10 Å². The number of rotatable bonds is 1. The van der Waals surface area contributed by atoms with Crippen molar-refractivity contribution in [1.29, 1.82) is 0 Å². The molecule has 0 unspecified atom stereocenters. The monoisotopic (exact) mass is 198 g/mol. The van der Waals surface area contributed by atoms with Gasteiger partial charge >= 0.3 is 0 Å². The number of para-hydroxylation sites is 1. The molecule has 74 valence electrons. The molecule has 1 N–H and O–H groups in total. The summed E-state index contributed by atoms with van der Waals surface area (Å²) >= 11 is 0. The molecule has 2 heterocycles. The fraction of sp³-hybridized carbons (Fsp3) is 0.0909. The lowest BCUT2D eigenvalue weighted by Crippen LogP contribution is -1.96. The number of aromatic amines is 1. The van der Waals surface area contributed by atoms with Gasteiger partial charge in [0, 0.05) is 0 Å². The van der Waals surface area contributed by atoms with E-state index in [1.807, 2.05) is 41.9 Å². The summed E-state index contributed by atoms with van der Waals surface area (Å²) in [5.74, 6) is 0. The molecule has 1 aromatic carbocycles. The van der Waals surface area contributed by atoms with Gasteiger partial charge in [-0.25, -0.2) is 9.67 Å². The smallest absolute Gasteiger partial charge is 0.181 e. The Morgan fingerprint density at radius 1 is 1.20 bits per heavy atom. The van der Waals surface area contributed by atoms with Crippen LogP contribution in [0.1, 0.15) is 5.69 Å². The average Bonchev–Trinajstić information content (AvgIpc) is 2.84. The fourth-order valence-corrected chi connectivity index (χ4v) is 1.71. The molecule has 0 saturated heterocycles. The maximum absolute atomic E-state index is 4.44. The highest BCUT2D eigenvalue weighted by atomic mass is 15.3. The average molecular weight is 198 g/mol. The van der Waals surface area contributed by atoms with Crippen LogP contribution in [0, 0.1) is 6.92 Å². The van der Waals surface area contributed by atoms with Gasteiger partial charge in [0.1, 0.15) is 5.52 Å². The Morgan fingerprint density at radius 2 is 2.00 bits per heavy atom. The minimum Gasteiger partial charge on any atom is -0.342 e. The Bertz CT molecular complexity index is 591. The molecule has 4 heteroatoms. The van der Waals surface area contributed by atoms with E-state index < -0.39 is 0 Å². The summed E-state index contributed by atoms with van der Waals surface area (Å²) < 4.78 is 1.85. The summed E-state index contributed by atoms with van der Waals surface area (Å²) in [6.45, 7) is 1.97. The highest BCUT2D eigenvalue weighted by Crippen LogP contribution is 2.17. The number of nitrogens with zero attached hydrogens (tertiary/aromatic N) is 3. The SMILES string of the molecule is Cc1nn(-c2ccccc2)c2nc[nH]c12. The second kappa shape index (κ2) is 2.95. The van der Waals surface area contributed by atoms with Gasteiger partial charge in [-0.05, 0) is 19.1 Å². The molecule has 0 atom stereocenters. The first kappa shape index (κ1) is 8.23. The van der Waals surface area contributed by atoms with Crippen molar-refractivity contribution in [3.05, 3.63) is 42.4 Å². The van der Waals surface area contributed by atoms with E-state index in [4.69, 9.17) is 0 Å². The lowest BCUT2D eigenvalue weighted by Gasteiger charge is -1.99. The van der Waals surface area contributed by atoms with Gasteiger partial charge < -0.3 is 4.98 Å². The fourth-order valence-electron chi connectivity index (χ4n) is 1.71. The number of hydrogen-bond donors (Lipinski definition) is 1. The van der Waals surface area contributed by atoms with Gasteiger partial charge in [-0.3, -0.25) is 0 Å². The topological polar surface area (TPSA) is 46.5 Å². The predicted molar refractivity (Wildman–Crippen MR) is 58.0 cm³/mol.